The van der Waals surface area contributed by atoms with Gasteiger partial charge in [0, 0.05) is 33.4 Å². The predicted octanol–water partition coefficient (Wildman–Crippen LogP) is 15.9. The fourth-order valence-electron chi connectivity index (χ4n) is 8.45. The van der Waals surface area contributed by atoms with Crippen LogP contribution in [0.1, 0.15) is 33.4 Å². The van der Waals surface area contributed by atoms with E-state index in [4.69, 9.17) is 0 Å². The van der Waals surface area contributed by atoms with Gasteiger partial charge in [0.2, 0.25) is 0 Å². The molecule has 0 nitrogen and oxygen atoms in total. The van der Waals surface area contributed by atoms with E-state index in [0.717, 1.165) is 100 Å². The molecule has 0 heteroatoms. The van der Waals surface area contributed by atoms with Gasteiger partial charge in [-0.3, -0.25) is 0 Å². The molecule has 0 aliphatic carbocycles. The van der Waals surface area contributed by atoms with Crippen molar-refractivity contribution in [1.82, 2.24) is 0 Å². The van der Waals surface area contributed by atoms with Crippen LogP contribution < -0.4 is 0 Å². The Balaban J connectivity index is 1.29. The topological polar surface area (TPSA) is 0 Å². The highest BCUT2D eigenvalue weighted by Gasteiger charge is 2.29. The van der Waals surface area contributed by atoms with E-state index in [1.54, 1.807) is 0 Å². The van der Waals surface area contributed by atoms with Crippen LogP contribution in [-0.2, 0) is 0 Å². The molecule has 0 heterocycles. The Morgan fingerprint density at radius 1 is 0.136 bits per heavy atom. The Morgan fingerprint density at radius 2 is 0.288 bits per heavy atom. The minimum Gasteiger partial charge on any atom is -0.0622 e. The van der Waals surface area contributed by atoms with Crippen LogP contribution in [0.4, 0.5) is 0 Å². The molecule has 0 aliphatic heterocycles. The molecule has 0 aromatic heterocycles. The molecule has 306 valence electrons. The zero-order valence-electron chi connectivity index (χ0n) is 36.2. The van der Waals surface area contributed by atoms with Crippen LogP contribution in [-0.4, -0.2) is 0 Å². The first kappa shape index (κ1) is 40.9. The van der Waals surface area contributed by atoms with Crippen LogP contribution in [0.5, 0.6) is 0 Å². The first-order valence-corrected chi connectivity index (χ1v) is 22.2. The van der Waals surface area contributed by atoms with Gasteiger partial charge in [-0.05, 0) is 140 Å². The van der Waals surface area contributed by atoms with Crippen LogP contribution in [0.2, 0.25) is 0 Å². The smallest absolute Gasteiger partial charge is 0.0249 e. The van der Waals surface area contributed by atoms with E-state index in [0.29, 0.717) is 0 Å². The van der Waals surface area contributed by atoms with Gasteiger partial charge in [-0.15, -0.1) is 0 Å². The van der Waals surface area contributed by atoms with Crippen molar-refractivity contribution in [3.05, 3.63) is 288 Å². The molecule has 0 amide bonds. The zero-order chi connectivity index (χ0) is 44.3. The second kappa shape index (κ2) is 19.5. The minimum absolute atomic E-state index is 0.950. The zero-order valence-corrected chi connectivity index (χ0v) is 36.2. The Morgan fingerprint density at radius 3 is 0.485 bits per heavy atom. The van der Waals surface area contributed by atoms with Gasteiger partial charge in [-0.25, -0.2) is 0 Å². The molecule has 0 N–H and O–H groups in total. The quantitative estimate of drug-likeness (QED) is 0.146. The third-order valence-corrected chi connectivity index (χ3v) is 11.6. The van der Waals surface area contributed by atoms with E-state index in [-0.39, 0.29) is 0 Å². The molecular formula is C66H42. The third kappa shape index (κ3) is 9.16. The van der Waals surface area contributed by atoms with Gasteiger partial charge >= 0.3 is 0 Å². The molecule has 0 fully saturated rings. The molecule has 0 bridgehead atoms. The predicted molar refractivity (Wildman–Crippen MR) is 276 cm³/mol. The van der Waals surface area contributed by atoms with Gasteiger partial charge in [0.05, 0.1) is 0 Å². The largest absolute Gasteiger partial charge is 0.0622 e. The SMILES string of the molecule is C(#Cc1ccc(-c2c(-c3ccccc3)c(-c3ccc(C#Cc4ccccc4)cc3)c(-c3ccccc3)c(-c3ccc(C#Cc4ccccc4)cc3)c2-c2ccccc2)cc1)c1ccccc1. The fraction of sp³-hybridized carbons (Fsp3) is 0. The van der Waals surface area contributed by atoms with Crippen LogP contribution >= 0.6 is 0 Å². The molecule has 0 unspecified atom stereocenters. The number of hydrogen-bond acceptors (Lipinski definition) is 0. The lowest BCUT2D eigenvalue weighted by Crippen LogP contribution is -2.02. The van der Waals surface area contributed by atoms with Crippen LogP contribution in [0.25, 0.3) is 66.8 Å². The normalized spacial score (nSPS) is 10.4. The standard InChI is InChI=1S/C66H42/c1-7-19-49(20-8-1)31-34-52-37-43-58(44-38-52)64-61(55-25-13-4-14-26-55)65(59-45-39-53(40-46-59)35-32-50-21-9-2-10-22-50)63(57-29-17-6-18-30-57)66(62(64)56-27-15-5-16-28-56)60-47-41-54(42-48-60)36-33-51-23-11-3-12-24-51/h1-30,37-48H. The Hall–Kier alpha value is -9.12. The molecule has 10 aromatic rings. The van der Waals surface area contributed by atoms with Crippen molar-refractivity contribution in [2.45, 2.75) is 0 Å². The fourth-order valence-corrected chi connectivity index (χ4v) is 8.45. The van der Waals surface area contributed by atoms with E-state index in [2.05, 4.69) is 199 Å². The summed E-state index contributed by atoms with van der Waals surface area (Å²) in [5.41, 5.74) is 19.3. The van der Waals surface area contributed by atoms with Crippen LogP contribution in [0.15, 0.2) is 255 Å². The maximum Gasteiger partial charge on any atom is 0.0249 e. The summed E-state index contributed by atoms with van der Waals surface area (Å²) in [4.78, 5) is 0. The maximum atomic E-state index is 3.42. The van der Waals surface area contributed by atoms with E-state index in [9.17, 15) is 0 Å². The lowest BCUT2D eigenvalue weighted by atomic mass is 9.74. The molecular weight excluding hydrogens is 793 g/mol. The number of rotatable bonds is 6. The Bertz CT molecular complexity index is 3030. The van der Waals surface area contributed by atoms with Crippen molar-refractivity contribution >= 4 is 0 Å². The second-order valence-corrected chi connectivity index (χ2v) is 15.9. The average Bonchev–Trinajstić information content (AvgIpc) is 3.40. The monoisotopic (exact) mass is 834 g/mol. The summed E-state index contributed by atoms with van der Waals surface area (Å²) in [6, 6.07) is 89.4. The van der Waals surface area contributed by atoms with Crippen molar-refractivity contribution in [2.75, 3.05) is 0 Å². The van der Waals surface area contributed by atoms with Gasteiger partial charge in [0.1, 0.15) is 0 Å². The van der Waals surface area contributed by atoms with Crippen LogP contribution in [0.3, 0.4) is 0 Å². The molecule has 0 aliphatic rings. The summed E-state index contributed by atoms with van der Waals surface area (Å²) in [7, 11) is 0. The summed E-state index contributed by atoms with van der Waals surface area (Å²) >= 11 is 0. The second-order valence-electron chi connectivity index (χ2n) is 15.9. The van der Waals surface area contributed by atoms with Crippen molar-refractivity contribution in [3.8, 4) is 102 Å². The average molecular weight is 835 g/mol. The Labute approximate surface area is 388 Å². The van der Waals surface area contributed by atoms with Crippen molar-refractivity contribution in [3.63, 3.8) is 0 Å². The molecule has 66 heavy (non-hydrogen) atoms. The third-order valence-electron chi connectivity index (χ3n) is 11.6. The van der Waals surface area contributed by atoms with E-state index < -0.39 is 0 Å². The lowest BCUT2D eigenvalue weighted by Gasteiger charge is -2.29. The minimum atomic E-state index is 0.950. The molecule has 0 saturated heterocycles. The molecule has 0 radical (unpaired) electrons. The van der Waals surface area contributed by atoms with Gasteiger partial charge in [0.15, 0.2) is 0 Å². The highest BCUT2D eigenvalue weighted by molar-refractivity contribution is 6.15. The molecule has 0 spiro atoms. The van der Waals surface area contributed by atoms with Gasteiger partial charge in [-0.1, -0.05) is 218 Å². The number of benzene rings is 10. The van der Waals surface area contributed by atoms with Gasteiger partial charge in [0.25, 0.3) is 0 Å². The summed E-state index contributed by atoms with van der Waals surface area (Å²) in [5.74, 6) is 20.3. The first-order chi connectivity index (χ1) is 32.7. The summed E-state index contributed by atoms with van der Waals surface area (Å²) in [6.07, 6.45) is 0. The summed E-state index contributed by atoms with van der Waals surface area (Å²) < 4.78 is 0. The lowest BCUT2D eigenvalue weighted by molar-refractivity contribution is 1.50. The van der Waals surface area contributed by atoms with Gasteiger partial charge in [-0.2, -0.15) is 0 Å². The Kier molecular flexibility index (Phi) is 12.1. The highest BCUT2D eigenvalue weighted by atomic mass is 14.3. The maximum absolute atomic E-state index is 3.42. The molecule has 10 aromatic carbocycles. The molecule has 0 saturated carbocycles. The summed E-state index contributed by atoms with van der Waals surface area (Å²) in [6.45, 7) is 0. The van der Waals surface area contributed by atoms with E-state index in [1.165, 1.54) is 0 Å². The van der Waals surface area contributed by atoms with Crippen molar-refractivity contribution < 1.29 is 0 Å². The molecule has 0 atom stereocenters. The van der Waals surface area contributed by atoms with Gasteiger partial charge < -0.3 is 0 Å². The molecule has 10 rings (SSSR count). The van der Waals surface area contributed by atoms with E-state index in [1.807, 2.05) is 91.0 Å². The first-order valence-electron chi connectivity index (χ1n) is 22.2. The summed E-state index contributed by atoms with van der Waals surface area (Å²) in [5, 5.41) is 0. The van der Waals surface area contributed by atoms with Crippen LogP contribution in [0, 0.1) is 35.5 Å². The van der Waals surface area contributed by atoms with E-state index >= 15 is 0 Å². The highest BCUT2D eigenvalue weighted by Crippen LogP contribution is 2.55. The van der Waals surface area contributed by atoms with Crippen molar-refractivity contribution in [2.24, 2.45) is 0 Å². The van der Waals surface area contributed by atoms with Crippen molar-refractivity contribution in [1.29, 1.82) is 0 Å². The number of hydrogen-bond donors (Lipinski definition) is 0.